The minimum atomic E-state index is 0.252. The van der Waals surface area contributed by atoms with Gasteiger partial charge in [-0.1, -0.05) is 19.8 Å². The summed E-state index contributed by atoms with van der Waals surface area (Å²) in [5, 5.41) is 6.57. The van der Waals surface area contributed by atoms with E-state index in [4.69, 9.17) is 0 Å². The number of nitrogens with one attached hydrogen (secondary N) is 2. The van der Waals surface area contributed by atoms with E-state index in [1.807, 2.05) is 0 Å². The Hall–Kier alpha value is -0.570. The fourth-order valence-corrected chi connectivity index (χ4v) is 3.19. The Balaban J connectivity index is 1.54. The summed E-state index contributed by atoms with van der Waals surface area (Å²) in [4.78, 5) is 11.8. The first-order chi connectivity index (χ1) is 8.74. The zero-order valence-electron chi connectivity index (χ0n) is 11.7. The van der Waals surface area contributed by atoms with Gasteiger partial charge in [-0.05, 0) is 50.5 Å². The molecule has 1 aliphatic heterocycles. The van der Waals surface area contributed by atoms with Crippen LogP contribution in [0.2, 0.25) is 0 Å². The summed E-state index contributed by atoms with van der Waals surface area (Å²) >= 11 is 0. The van der Waals surface area contributed by atoms with Crippen molar-refractivity contribution >= 4 is 5.91 Å². The van der Waals surface area contributed by atoms with Crippen molar-refractivity contribution in [3.05, 3.63) is 0 Å². The Morgan fingerprint density at radius 2 is 2.00 bits per heavy atom. The van der Waals surface area contributed by atoms with Gasteiger partial charge in [0.2, 0.25) is 5.91 Å². The maximum Gasteiger partial charge on any atom is 0.220 e. The molecular weight excluding hydrogens is 224 g/mol. The monoisotopic (exact) mass is 252 g/mol. The van der Waals surface area contributed by atoms with Crippen LogP contribution >= 0.6 is 0 Å². The fraction of sp³-hybridized carbons (Fsp3) is 0.933. The summed E-state index contributed by atoms with van der Waals surface area (Å²) in [5.74, 6) is 1.88. The number of hydrogen-bond donors (Lipinski definition) is 2. The van der Waals surface area contributed by atoms with Gasteiger partial charge in [-0.3, -0.25) is 4.79 Å². The SMILES string of the molecule is CC1CCC(CNC(=O)CCC2CCCN2)CC1. The second-order valence-electron chi connectivity index (χ2n) is 6.26. The Bertz CT molecular complexity index is 253. The highest BCUT2D eigenvalue weighted by atomic mass is 16.1. The van der Waals surface area contributed by atoms with Crippen LogP contribution in [0.15, 0.2) is 0 Å². The molecule has 0 aromatic rings. The lowest BCUT2D eigenvalue weighted by Crippen LogP contribution is -2.32. The van der Waals surface area contributed by atoms with E-state index < -0.39 is 0 Å². The first kappa shape index (κ1) is 13.9. The maximum absolute atomic E-state index is 11.8. The van der Waals surface area contributed by atoms with Crippen molar-refractivity contribution in [2.45, 2.75) is 64.3 Å². The number of amides is 1. The molecule has 1 heterocycles. The molecule has 2 fully saturated rings. The van der Waals surface area contributed by atoms with Crippen LogP contribution in [-0.2, 0) is 4.79 Å². The van der Waals surface area contributed by atoms with Gasteiger partial charge in [0, 0.05) is 19.0 Å². The molecule has 0 bridgehead atoms. The summed E-state index contributed by atoms with van der Waals surface area (Å²) in [6.07, 6.45) is 9.49. The van der Waals surface area contributed by atoms with Gasteiger partial charge >= 0.3 is 0 Å². The molecule has 0 radical (unpaired) electrons. The van der Waals surface area contributed by atoms with Crippen LogP contribution in [0.5, 0.6) is 0 Å². The predicted molar refractivity (Wildman–Crippen MR) is 74.4 cm³/mol. The third-order valence-corrected chi connectivity index (χ3v) is 4.61. The van der Waals surface area contributed by atoms with Gasteiger partial charge in [0.15, 0.2) is 0 Å². The third kappa shape index (κ3) is 4.60. The largest absolute Gasteiger partial charge is 0.356 e. The molecule has 104 valence electrons. The highest BCUT2D eigenvalue weighted by Crippen LogP contribution is 2.27. The molecule has 0 aromatic heterocycles. The van der Waals surface area contributed by atoms with E-state index in [2.05, 4.69) is 17.6 Å². The van der Waals surface area contributed by atoms with Crippen LogP contribution in [-0.4, -0.2) is 25.0 Å². The molecule has 1 amide bonds. The summed E-state index contributed by atoms with van der Waals surface area (Å²) in [6.45, 7) is 4.37. The van der Waals surface area contributed by atoms with Crippen LogP contribution < -0.4 is 10.6 Å². The van der Waals surface area contributed by atoms with Crippen LogP contribution in [0.25, 0.3) is 0 Å². The van der Waals surface area contributed by atoms with Gasteiger partial charge in [-0.2, -0.15) is 0 Å². The van der Waals surface area contributed by atoms with Gasteiger partial charge < -0.3 is 10.6 Å². The van der Waals surface area contributed by atoms with E-state index in [9.17, 15) is 4.79 Å². The minimum Gasteiger partial charge on any atom is -0.356 e. The van der Waals surface area contributed by atoms with Gasteiger partial charge in [0.1, 0.15) is 0 Å². The van der Waals surface area contributed by atoms with E-state index in [0.29, 0.717) is 12.5 Å². The summed E-state index contributed by atoms with van der Waals surface area (Å²) in [7, 11) is 0. The van der Waals surface area contributed by atoms with Crippen LogP contribution in [0.3, 0.4) is 0 Å². The molecule has 3 heteroatoms. The van der Waals surface area contributed by atoms with Crippen LogP contribution in [0.4, 0.5) is 0 Å². The number of carbonyl (C=O) groups excluding carboxylic acids is 1. The van der Waals surface area contributed by atoms with Crippen molar-refractivity contribution in [1.82, 2.24) is 10.6 Å². The molecule has 2 N–H and O–H groups in total. The highest BCUT2D eigenvalue weighted by molar-refractivity contribution is 5.75. The standard InChI is InChI=1S/C15H28N2O/c1-12-4-6-13(7-5-12)11-17-15(18)9-8-14-3-2-10-16-14/h12-14,16H,2-11H2,1H3,(H,17,18). The molecule has 1 saturated carbocycles. The smallest absolute Gasteiger partial charge is 0.220 e. The quantitative estimate of drug-likeness (QED) is 0.789. The lowest BCUT2D eigenvalue weighted by atomic mass is 9.83. The number of carbonyl (C=O) groups is 1. The van der Waals surface area contributed by atoms with E-state index in [-0.39, 0.29) is 5.91 Å². The molecule has 0 spiro atoms. The van der Waals surface area contributed by atoms with E-state index >= 15 is 0 Å². The first-order valence-corrected chi connectivity index (χ1v) is 7.74. The molecular formula is C15H28N2O. The van der Waals surface area contributed by atoms with Crippen molar-refractivity contribution in [3.63, 3.8) is 0 Å². The zero-order valence-corrected chi connectivity index (χ0v) is 11.7. The maximum atomic E-state index is 11.8. The summed E-state index contributed by atoms with van der Waals surface area (Å²) in [5.41, 5.74) is 0. The second-order valence-corrected chi connectivity index (χ2v) is 6.26. The molecule has 18 heavy (non-hydrogen) atoms. The lowest BCUT2D eigenvalue weighted by molar-refractivity contribution is -0.121. The van der Waals surface area contributed by atoms with Crippen LogP contribution in [0, 0.1) is 11.8 Å². The third-order valence-electron chi connectivity index (χ3n) is 4.61. The molecule has 2 aliphatic rings. The number of rotatable bonds is 5. The van der Waals surface area contributed by atoms with Gasteiger partial charge in [-0.15, -0.1) is 0 Å². The molecule has 1 unspecified atom stereocenters. The second kappa shape index (κ2) is 7.13. The van der Waals surface area contributed by atoms with Gasteiger partial charge in [-0.25, -0.2) is 0 Å². The minimum absolute atomic E-state index is 0.252. The van der Waals surface area contributed by atoms with E-state index in [1.165, 1.54) is 38.5 Å². The van der Waals surface area contributed by atoms with Gasteiger partial charge in [0.05, 0.1) is 0 Å². The Kier molecular flexibility index (Phi) is 5.48. The fourth-order valence-electron chi connectivity index (χ4n) is 3.19. The summed E-state index contributed by atoms with van der Waals surface area (Å²) < 4.78 is 0. The molecule has 2 rings (SSSR count). The Labute approximate surface area is 111 Å². The molecule has 0 aromatic carbocycles. The predicted octanol–water partition coefficient (Wildman–Crippen LogP) is 2.46. The first-order valence-electron chi connectivity index (χ1n) is 7.74. The Morgan fingerprint density at radius 1 is 1.22 bits per heavy atom. The van der Waals surface area contributed by atoms with E-state index in [0.717, 1.165) is 31.3 Å². The number of hydrogen-bond acceptors (Lipinski definition) is 2. The molecule has 1 atom stereocenters. The van der Waals surface area contributed by atoms with E-state index in [1.54, 1.807) is 0 Å². The average Bonchev–Trinajstić information content (AvgIpc) is 2.89. The van der Waals surface area contributed by atoms with Crippen LogP contribution in [0.1, 0.15) is 58.3 Å². The van der Waals surface area contributed by atoms with Crippen molar-refractivity contribution in [1.29, 1.82) is 0 Å². The normalized spacial score (nSPS) is 32.4. The van der Waals surface area contributed by atoms with Crippen molar-refractivity contribution in [3.8, 4) is 0 Å². The topological polar surface area (TPSA) is 41.1 Å². The van der Waals surface area contributed by atoms with Crippen molar-refractivity contribution < 1.29 is 4.79 Å². The molecule has 1 saturated heterocycles. The molecule has 3 nitrogen and oxygen atoms in total. The van der Waals surface area contributed by atoms with Gasteiger partial charge in [0.25, 0.3) is 0 Å². The lowest BCUT2D eigenvalue weighted by Gasteiger charge is -2.26. The highest BCUT2D eigenvalue weighted by Gasteiger charge is 2.19. The average molecular weight is 252 g/mol. The molecule has 1 aliphatic carbocycles. The summed E-state index contributed by atoms with van der Waals surface area (Å²) in [6, 6.07) is 0.589. The van der Waals surface area contributed by atoms with Crippen molar-refractivity contribution in [2.24, 2.45) is 11.8 Å². The zero-order chi connectivity index (χ0) is 12.8. The Morgan fingerprint density at radius 3 is 2.67 bits per heavy atom. The van der Waals surface area contributed by atoms with Crippen molar-refractivity contribution in [2.75, 3.05) is 13.1 Å².